The fourth-order valence-electron chi connectivity index (χ4n) is 5.47. The van der Waals surface area contributed by atoms with Gasteiger partial charge in [-0.2, -0.15) is 9.97 Å². The van der Waals surface area contributed by atoms with Crippen LogP contribution in [0.4, 0.5) is 23.4 Å². The Morgan fingerprint density at radius 2 is 0.930 bits per heavy atom. The summed E-state index contributed by atoms with van der Waals surface area (Å²) in [4.78, 5) is 12.5. The predicted octanol–water partition coefficient (Wildman–Crippen LogP) is 12.0. The van der Waals surface area contributed by atoms with E-state index in [1.165, 1.54) is 42.5 Å². The summed E-state index contributed by atoms with van der Waals surface area (Å²) in [6.07, 6.45) is 0. The van der Waals surface area contributed by atoms with Gasteiger partial charge in [-0.15, -0.1) is 0 Å². The van der Waals surface area contributed by atoms with Crippen molar-refractivity contribution >= 4 is 52.2 Å². The Morgan fingerprint density at radius 3 is 1.37 bits per heavy atom. The number of aryl methyl sites for hydroxylation is 4. The molecule has 0 atom stereocenters. The summed E-state index contributed by atoms with van der Waals surface area (Å²) in [5, 5.41) is 1.81. The Balaban J connectivity index is 0.000000168. The van der Waals surface area contributed by atoms with E-state index in [2.05, 4.69) is 15.0 Å². The van der Waals surface area contributed by atoms with E-state index in [0.29, 0.717) is 26.0 Å². The van der Waals surface area contributed by atoms with E-state index in [1.807, 2.05) is 61.1 Å². The average molecular weight is 861 g/mol. The zero-order valence-corrected chi connectivity index (χ0v) is 33.8. The Labute approximate surface area is 346 Å². The van der Waals surface area contributed by atoms with Gasteiger partial charge >= 0.3 is 0 Å². The molecule has 0 saturated heterocycles. The van der Waals surface area contributed by atoms with Gasteiger partial charge in [0.2, 0.25) is 11.8 Å². The molecule has 0 saturated carbocycles. The lowest BCUT2D eigenvalue weighted by molar-refractivity contribution is 0.285. The van der Waals surface area contributed by atoms with E-state index in [4.69, 9.17) is 61.6 Å². The van der Waals surface area contributed by atoms with Crippen LogP contribution in [0.5, 0.6) is 11.8 Å². The second kappa shape index (κ2) is 19.3. The molecule has 0 aliphatic carbocycles. The number of benzene rings is 2. The first-order chi connectivity index (χ1) is 27.1. The monoisotopic (exact) mass is 858 g/mol. The minimum absolute atomic E-state index is 0.0929. The summed E-state index contributed by atoms with van der Waals surface area (Å²) in [7, 11) is 0. The van der Waals surface area contributed by atoms with Crippen molar-refractivity contribution in [3.05, 3.63) is 174 Å². The number of nitrogen functional groups attached to an aromatic ring is 1. The predicted molar refractivity (Wildman–Crippen MR) is 216 cm³/mol. The molecular weight excluding hydrogens is 826 g/mol. The summed E-state index contributed by atoms with van der Waals surface area (Å²) >= 11 is 23.7. The normalized spacial score (nSPS) is 10.7. The molecule has 8 nitrogen and oxygen atoms in total. The standard InChI is InChI=1S/C18H15ClF2N2O.C12H9ClF2N2O.C11H10Cl2N2/c1-11-6-7-12(2)23(11)16-8-14(19)9-17(22-16)24-10-13-4-3-5-15(20)18(13)21;13-8-4-10(16)17-11(5-8)18-6-7-2-1-3-9(14)12(7)15;1-7-3-4-8(2)15(7)11-6-9(12)5-10(13)14-11/h3-9H,10H2,1-2H3;1-5H,6H2,(H2,16,17);3-6H,1-2H3. The molecule has 5 heterocycles. The highest BCUT2D eigenvalue weighted by Gasteiger charge is 2.13. The molecule has 0 unspecified atom stereocenters. The number of nitrogens with two attached hydrogens (primary N) is 1. The van der Waals surface area contributed by atoms with Crippen molar-refractivity contribution < 1.29 is 27.0 Å². The van der Waals surface area contributed by atoms with Crippen molar-refractivity contribution in [1.82, 2.24) is 24.1 Å². The smallest absolute Gasteiger partial charge is 0.217 e. The third-order valence-electron chi connectivity index (χ3n) is 8.10. The van der Waals surface area contributed by atoms with E-state index in [1.54, 1.807) is 18.2 Å². The number of halogens is 8. The first kappa shape index (κ1) is 42.9. The summed E-state index contributed by atoms with van der Waals surface area (Å²) in [6, 6.07) is 25.4. The lowest BCUT2D eigenvalue weighted by Crippen LogP contribution is -2.05. The molecule has 0 bridgehead atoms. The van der Waals surface area contributed by atoms with Crippen LogP contribution in [0.3, 0.4) is 0 Å². The number of anilines is 1. The number of hydrogen-bond donors (Lipinski definition) is 1. The van der Waals surface area contributed by atoms with Gasteiger partial charge in [0.1, 0.15) is 35.8 Å². The Morgan fingerprint density at radius 1 is 0.526 bits per heavy atom. The van der Waals surface area contributed by atoms with Crippen molar-refractivity contribution in [3.8, 4) is 23.4 Å². The number of pyridine rings is 3. The molecule has 2 aromatic carbocycles. The van der Waals surface area contributed by atoms with Crippen molar-refractivity contribution in [3.63, 3.8) is 0 Å². The van der Waals surface area contributed by atoms with Crippen LogP contribution in [0.1, 0.15) is 33.9 Å². The fraction of sp³-hybridized carbons (Fsp3) is 0.146. The van der Waals surface area contributed by atoms with Crippen LogP contribution < -0.4 is 15.2 Å². The summed E-state index contributed by atoms with van der Waals surface area (Å²) in [6.45, 7) is 7.65. The maximum atomic E-state index is 13.7. The zero-order chi connectivity index (χ0) is 41.4. The lowest BCUT2D eigenvalue weighted by Gasteiger charge is -2.12. The van der Waals surface area contributed by atoms with E-state index >= 15 is 0 Å². The SMILES string of the molecule is Cc1ccc(C)n1-c1cc(Cl)cc(Cl)n1.Cc1ccc(C)n1-c1cc(Cl)cc(OCc2cccc(F)c2F)n1.Nc1cc(Cl)cc(OCc2cccc(F)c2F)n1. The van der Waals surface area contributed by atoms with Crippen LogP contribution in [0.25, 0.3) is 11.6 Å². The minimum atomic E-state index is -0.938. The van der Waals surface area contributed by atoms with Gasteiger partial charge in [-0.25, -0.2) is 22.5 Å². The molecule has 0 aliphatic rings. The van der Waals surface area contributed by atoms with E-state index in [0.717, 1.165) is 40.7 Å². The summed E-state index contributed by atoms with van der Waals surface area (Å²) in [5.74, 6) is -1.73. The minimum Gasteiger partial charge on any atom is -0.473 e. The summed E-state index contributed by atoms with van der Waals surface area (Å²) < 4.78 is 67.9. The van der Waals surface area contributed by atoms with Crippen molar-refractivity contribution in [2.24, 2.45) is 0 Å². The number of nitrogens with zero attached hydrogens (tertiary/aromatic N) is 5. The van der Waals surface area contributed by atoms with Gasteiger partial charge in [0, 0.05) is 73.2 Å². The van der Waals surface area contributed by atoms with Gasteiger partial charge in [-0.1, -0.05) is 70.7 Å². The molecule has 2 N–H and O–H groups in total. The van der Waals surface area contributed by atoms with Crippen molar-refractivity contribution in [2.45, 2.75) is 40.9 Å². The van der Waals surface area contributed by atoms with Gasteiger partial charge < -0.3 is 24.3 Å². The molecule has 57 heavy (non-hydrogen) atoms. The van der Waals surface area contributed by atoms with Crippen LogP contribution in [0, 0.1) is 51.0 Å². The molecular formula is C41H34Cl4F4N6O2. The van der Waals surface area contributed by atoms with Crippen LogP contribution in [0.15, 0.2) is 97.1 Å². The maximum absolute atomic E-state index is 13.7. The maximum Gasteiger partial charge on any atom is 0.217 e. The number of ether oxygens (including phenoxy) is 2. The molecule has 0 radical (unpaired) electrons. The molecule has 7 aromatic rings. The van der Waals surface area contributed by atoms with Crippen LogP contribution >= 0.6 is 46.4 Å². The highest BCUT2D eigenvalue weighted by molar-refractivity contribution is 6.34. The summed E-state index contributed by atoms with van der Waals surface area (Å²) in [5.41, 5.74) is 9.91. The first-order valence-corrected chi connectivity index (χ1v) is 18.5. The van der Waals surface area contributed by atoms with Crippen LogP contribution in [-0.2, 0) is 13.2 Å². The Bertz CT molecular complexity index is 2430. The van der Waals surface area contributed by atoms with Gasteiger partial charge in [0.25, 0.3) is 0 Å². The van der Waals surface area contributed by atoms with Crippen molar-refractivity contribution in [1.29, 1.82) is 0 Å². The molecule has 0 fully saturated rings. The van der Waals surface area contributed by atoms with Gasteiger partial charge in [0.05, 0.1) is 0 Å². The second-order valence-electron chi connectivity index (χ2n) is 12.4. The Kier molecular flexibility index (Phi) is 14.5. The third-order valence-corrected chi connectivity index (χ3v) is 8.95. The largest absolute Gasteiger partial charge is 0.473 e. The number of aromatic nitrogens is 5. The number of hydrogen-bond acceptors (Lipinski definition) is 6. The van der Waals surface area contributed by atoms with Crippen LogP contribution in [-0.4, -0.2) is 24.1 Å². The highest BCUT2D eigenvalue weighted by Crippen LogP contribution is 2.25. The zero-order valence-electron chi connectivity index (χ0n) is 30.8. The fourth-order valence-corrected chi connectivity index (χ4v) is 6.32. The molecule has 16 heteroatoms. The van der Waals surface area contributed by atoms with Gasteiger partial charge in [-0.05, 0) is 76.2 Å². The highest BCUT2D eigenvalue weighted by atomic mass is 35.5. The van der Waals surface area contributed by atoms with E-state index in [9.17, 15) is 17.6 Å². The topological polar surface area (TPSA) is 93.0 Å². The van der Waals surface area contributed by atoms with E-state index in [-0.39, 0.29) is 41.9 Å². The molecule has 0 aliphatic heterocycles. The first-order valence-electron chi connectivity index (χ1n) is 17.0. The quantitative estimate of drug-likeness (QED) is 0.121. The molecule has 0 spiro atoms. The van der Waals surface area contributed by atoms with Gasteiger partial charge in [0.15, 0.2) is 23.3 Å². The molecule has 5 aromatic heterocycles. The molecule has 0 amide bonds. The second-order valence-corrected chi connectivity index (χ2v) is 14.1. The third kappa shape index (κ3) is 11.4. The molecule has 7 rings (SSSR count). The van der Waals surface area contributed by atoms with Crippen molar-refractivity contribution in [2.75, 3.05) is 5.73 Å². The average Bonchev–Trinajstić information content (AvgIpc) is 3.67. The van der Waals surface area contributed by atoms with Crippen LogP contribution in [0.2, 0.25) is 20.2 Å². The van der Waals surface area contributed by atoms with Gasteiger partial charge in [-0.3, -0.25) is 0 Å². The molecule has 296 valence electrons. The lowest BCUT2D eigenvalue weighted by atomic mass is 10.2. The Hall–Kier alpha value is -5.27. The number of rotatable bonds is 8. The van der Waals surface area contributed by atoms with E-state index < -0.39 is 23.3 Å².